The first-order valence-electron chi connectivity index (χ1n) is 5.88. The molecule has 0 bridgehead atoms. The van der Waals surface area contributed by atoms with Gasteiger partial charge >= 0.3 is 0 Å². The maximum atomic E-state index is 6.28. The lowest BCUT2D eigenvalue weighted by molar-refractivity contribution is 0.879. The number of para-hydroxylation sites is 1. The summed E-state index contributed by atoms with van der Waals surface area (Å²) in [5.41, 5.74) is 3.11. The highest BCUT2D eigenvalue weighted by atomic mass is 35.5. The molecule has 0 atom stereocenters. The van der Waals surface area contributed by atoms with Crippen LogP contribution in [-0.4, -0.2) is 9.78 Å². The van der Waals surface area contributed by atoms with Crippen LogP contribution in [0.25, 0.3) is 5.69 Å². The highest BCUT2D eigenvalue weighted by Crippen LogP contribution is 2.28. The van der Waals surface area contributed by atoms with E-state index in [1.165, 1.54) is 5.56 Å². The predicted octanol–water partition coefficient (Wildman–Crippen LogP) is 4.20. The summed E-state index contributed by atoms with van der Waals surface area (Å²) in [6.07, 6.45) is 3.63. The molecule has 0 saturated heterocycles. The normalized spacial score (nSPS) is 10.6. The molecule has 3 nitrogen and oxygen atoms in total. The molecule has 0 aliphatic rings. The van der Waals surface area contributed by atoms with Crippen molar-refractivity contribution in [3.8, 4) is 5.69 Å². The first-order chi connectivity index (χ1) is 9.34. The summed E-state index contributed by atoms with van der Waals surface area (Å²) in [6, 6.07) is 9.80. The Bertz CT molecular complexity index is 647. The fourth-order valence-corrected chi connectivity index (χ4v) is 2.81. The van der Waals surface area contributed by atoms with Crippen LogP contribution in [-0.2, 0) is 6.54 Å². The Labute approximate surface area is 120 Å². The molecule has 1 aromatic carbocycles. The lowest BCUT2D eigenvalue weighted by Gasteiger charge is -2.13. The van der Waals surface area contributed by atoms with Crippen molar-refractivity contribution in [3.05, 3.63) is 64.1 Å². The third-order valence-corrected chi connectivity index (χ3v) is 3.82. The molecule has 0 radical (unpaired) electrons. The zero-order valence-corrected chi connectivity index (χ0v) is 11.7. The summed E-state index contributed by atoms with van der Waals surface area (Å²) in [7, 11) is 0. The first kappa shape index (κ1) is 12.3. The Morgan fingerprint density at radius 1 is 1.26 bits per heavy atom. The van der Waals surface area contributed by atoms with E-state index in [4.69, 9.17) is 11.6 Å². The van der Waals surface area contributed by atoms with Gasteiger partial charge in [0.2, 0.25) is 0 Å². The van der Waals surface area contributed by atoms with Gasteiger partial charge in [0.05, 0.1) is 10.7 Å². The highest BCUT2D eigenvalue weighted by Gasteiger charge is 2.09. The molecular formula is C14H12ClN3S. The third kappa shape index (κ3) is 2.64. The van der Waals surface area contributed by atoms with Crippen LogP contribution in [0.3, 0.4) is 0 Å². The summed E-state index contributed by atoms with van der Waals surface area (Å²) < 4.78 is 1.78. The van der Waals surface area contributed by atoms with E-state index in [-0.39, 0.29) is 0 Å². The minimum Gasteiger partial charge on any atom is -0.379 e. The second-order valence-corrected chi connectivity index (χ2v) is 5.26. The summed E-state index contributed by atoms with van der Waals surface area (Å²) >= 11 is 7.98. The molecule has 2 aromatic heterocycles. The zero-order chi connectivity index (χ0) is 13.1. The van der Waals surface area contributed by atoms with Gasteiger partial charge in [-0.15, -0.1) is 0 Å². The quantitative estimate of drug-likeness (QED) is 0.780. The third-order valence-electron chi connectivity index (χ3n) is 2.78. The molecule has 3 rings (SSSR count). The van der Waals surface area contributed by atoms with Gasteiger partial charge in [0.15, 0.2) is 0 Å². The van der Waals surface area contributed by atoms with Crippen molar-refractivity contribution in [1.82, 2.24) is 9.78 Å². The van der Waals surface area contributed by atoms with Crippen molar-refractivity contribution in [2.45, 2.75) is 6.54 Å². The molecule has 96 valence electrons. The lowest BCUT2D eigenvalue weighted by atomic mass is 10.2. The van der Waals surface area contributed by atoms with Gasteiger partial charge in [-0.2, -0.15) is 16.4 Å². The molecule has 0 unspecified atom stereocenters. The van der Waals surface area contributed by atoms with Crippen LogP contribution in [0, 0.1) is 0 Å². The van der Waals surface area contributed by atoms with Crippen LogP contribution in [0.15, 0.2) is 53.5 Å². The average molecular weight is 290 g/mol. The largest absolute Gasteiger partial charge is 0.379 e. The van der Waals surface area contributed by atoms with E-state index in [0.29, 0.717) is 5.02 Å². The number of aromatic nitrogens is 2. The fraction of sp³-hybridized carbons (Fsp3) is 0.0714. The van der Waals surface area contributed by atoms with Crippen molar-refractivity contribution >= 4 is 28.6 Å². The average Bonchev–Trinajstić information content (AvgIpc) is 3.09. The Morgan fingerprint density at radius 2 is 2.21 bits per heavy atom. The fourth-order valence-electron chi connectivity index (χ4n) is 1.88. The van der Waals surface area contributed by atoms with Gasteiger partial charge in [0, 0.05) is 18.9 Å². The number of hydrogen-bond acceptors (Lipinski definition) is 3. The molecule has 2 heterocycles. The standard InChI is InChI=1S/C14H12ClN3S/c15-12-3-1-4-13(14(12)18-7-2-6-17-18)16-9-11-5-8-19-10-11/h1-8,10,16H,9H2. The lowest BCUT2D eigenvalue weighted by Crippen LogP contribution is -2.05. The molecule has 5 heteroatoms. The first-order valence-corrected chi connectivity index (χ1v) is 7.20. The van der Waals surface area contributed by atoms with E-state index in [1.807, 2.05) is 30.5 Å². The zero-order valence-electron chi connectivity index (χ0n) is 10.1. The monoisotopic (exact) mass is 289 g/mol. The van der Waals surface area contributed by atoms with Gasteiger partial charge in [-0.05, 0) is 40.6 Å². The number of thiophene rings is 1. The second-order valence-electron chi connectivity index (χ2n) is 4.07. The van der Waals surface area contributed by atoms with Crippen LogP contribution in [0.2, 0.25) is 5.02 Å². The molecule has 0 aliphatic carbocycles. The second kappa shape index (κ2) is 5.47. The number of nitrogens with one attached hydrogen (secondary N) is 1. The Hall–Kier alpha value is -1.78. The van der Waals surface area contributed by atoms with Crippen molar-refractivity contribution in [1.29, 1.82) is 0 Å². The van der Waals surface area contributed by atoms with Crippen molar-refractivity contribution in [2.24, 2.45) is 0 Å². The summed E-state index contributed by atoms with van der Waals surface area (Å²) in [5.74, 6) is 0. The van der Waals surface area contributed by atoms with E-state index < -0.39 is 0 Å². The van der Waals surface area contributed by atoms with Crippen LogP contribution in [0.5, 0.6) is 0 Å². The minimum absolute atomic E-state index is 0.680. The summed E-state index contributed by atoms with van der Waals surface area (Å²) in [4.78, 5) is 0. The topological polar surface area (TPSA) is 29.9 Å². The Morgan fingerprint density at radius 3 is 2.95 bits per heavy atom. The van der Waals surface area contributed by atoms with Crippen molar-refractivity contribution in [2.75, 3.05) is 5.32 Å². The predicted molar refractivity (Wildman–Crippen MR) is 80.2 cm³/mol. The van der Waals surface area contributed by atoms with Gasteiger partial charge in [0.25, 0.3) is 0 Å². The number of anilines is 1. The smallest absolute Gasteiger partial charge is 0.106 e. The van der Waals surface area contributed by atoms with Crippen LogP contribution < -0.4 is 5.32 Å². The molecule has 19 heavy (non-hydrogen) atoms. The maximum absolute atomic E-state index is 6.28. The highest BCUT2D eigenvalue weighted by molar-refractivity contribution is 7.07. The van der Waals surface area contributed by atoms with Gasteiger partial charge in [0.1, 0.15) is 5.69 Å². The number of hydrogen-bond donors (Lipinski definition) is 1. The van der Waals surface area contributed by atoms with Crippen molar-refractivity contribution < 1.29 is 0 Å². The summed E-state index contributed by atoms with van der Waals surface area (Å²) in [6.45, 7) is 0.776. The van der Waals surface area contributed by atoms with E-state index in [0.717, 1.165) is 17.9 Å². The molecule has 1 N–H and O–H groups in total. The van der Waals surface area contributed by atoms with Gasteiger partial charge in [-0.25, -0.2) is 4.68 Å². The molecule has 0 spiro atoms. The van der Waals surface area contributed by atoms with Gasteiger partial charge < -0.3 is 5.32 Å². The van der Waals surface area contributed by atoms with Crippen molar-refractivity contribution in [3.63, 3.8) is 0 Å². The van der Waals surface area contributed by atoms with E-state index in [9.17, 15) is 0 Å². The molecule has 0 fully saturated rings. The molecule has 3 aromatic rings. The Kier molecular flexibility index (Phi) is 3.53. The molecule has 0 saturated carbocycles. The van der Waals surface area contributed by atoms with Gasteiger partial charge in [-0.3, -0.25) is 0 Å². The Balaban J connectivity index is 1.91. The number of benzene rings is 1. The summed E-state index contributed by atoms with van der Waals surface area (Å²) in [5, 5.41) is 12.5. The maximum Gasteiger partial charge on any atom is 0.106 e. The van der Waals surface area contributed by atoms with Gasteiger partial charge in [-0.1, -0.05) is 17.7 Å². The molecule has 0 amide bonds. The van der Waals surface area contributed by atoms with Crippen LogP contribution >= 0.6 is 22.9 Å². The molecule has 0 aliphatic heterocycles. The SMILES string of the molecule is Clc1cccc(NCc2ccsc2)c1-n1cccn1. The number of halogens is 1. The number of rotatable bonds is 4. The molecular weight excluding hydrogens is 278 g/mol. The van der Waals surface area contributed by atoms with E-state index >= 15 is 0 Å². The van der Waals surface area contributed by atoms with Crippen LogP contribution in [0.1, 0.15) is 5.56 Å². The van der Waals surface area contributed by atoms with Crippen LogP contribution in [0.4, 0.5) is 5.69 Å². The minimum atomic E-state index is 0.680. The number of nitrogens with zero attached hydrogens (tertiary/aromatic N) is 2. The van der Waals surface area contributed by atoms with E-state index in [2.05, 4.69) is 27.2 Å². The van der Waals surface area contributed by atoms with E-state index in [1.54, 1.807) is 22.2 Å².